The van der Waals surface area contributed by atoms with Crippen molar-refractivity contribution >= 4 is 10.8 Å². The van der Waals surface area contributed by atoms with Crippen molar-refractivity contribution < 1.29 is 14.7 Å². The van der Waals surface area contributed by atoms with Crippen molar-refractivity contribution in [2.45, 2.75) is 6.61 Å². The van der Waals surface area contributed by atoms with Gasteiger partial charge in [0, 0.05) is 10.8 Å². The Labute approximate surface area is 111 Å². The average molecular weight is 252 g/mol. The van der Waals surface area contributed by atoms with Crippen molar-refractivity contribution in [3.05, 3.63) is 72.6 Å². The maximum atomic E-state index is 9.50. The molecule has 1 aromatic heterocycles. The number of aromatic nitrogens is 1. The van der Waals surface area contributed by atoms with Crippen LogP contribution in [0, 0.1) is 0 Å². The first-order valence-corrected chi connectivity index (χ1v) is 6.13. The minimum Gasteiger partial charge on any atom is -0.488 e. The lowest BCUT2D eigenvalue weighted by Crippen LogP contribution is -2.27. The molecule has 3 aromatic rings. The van der Waals surface area contributed by atoms with Crippen LogP contribution in [0.1, 0.15) is 5.56 Å². The summed E-state index contributed by atoms with van der Waals surface area (Å²) < 4.78 is 6.88. The topological polar surface area (TPSA) is 33.3 Å². The third kappa shape index (κ3) is 2.50. The fraction of sp³-hybridized carbons (Fsp3) is 0.0625. The van der Waals surface area contributed by atoms with Crippen molar-refractivity contribution in [2.24, 2.45) is 0 Å². The number of hydrogen-bond acceptors (Lipinski definition) is 2. The lowest BCUT2D eigenvalue weighted by atomic mass is 10.1. The van der Waals surface area contributed by atoms with E-state index in [2.05, 4.69) is 0 Å². The molecule has 0 aliphatic heterocycles. The van der Waals surface area contributed by atoms with Gasteiger partial charge in [-0.15, -0.1) is 0 Å². The Morgan fingerprint density at radius 3 is 2.63 bits per heavy atom. The van der Waals surface area contributed by atoms with Gasteiger partial charge in [-0.25, -0.2) is 0 Å². The molecule has 0 saturated heterocycles. The molecule has 0 amide bonds. The van der Waals surface area contributed by atoms with Crippen molar-refractivity contribution in [2.75, 3.05) is 0 Å². The van der Waals surface area contributed by atoms with Crippen LogP contribution < -0.4 is 9.47 Å². The van der Waals surface area contributed by atoms with E-state index in [9.17, 15) is 5.21 Å². The Hall–Kier alpha value is -2.55. The zero-order valence-corrected chi connectivity index (χ0v) is 10.4. The van der Waals surface area contributed by atoms with E-state index in [4.69, 9.17) is 4.74 Å². The van der Waals surface area contributed by atoms with E-state index in [1.807, 2.05) is 54.6 Å². The van der Waals surface area contributed by atoms with Crippen LogP contribution in [0.3, 0.4) is 0 Å². The van der Waals surface area contributed by atoms with E-state index in [0.717, 1.165) is 26.8 Å². The number of fused-ring (bicyclic) bond motifs is 1. The molecule has 0 spiro atoms. The Morgan fingerprint density at radius 2 is 1.79 bits per heavy atom. The summed E-state index contributed by atoms with van der Waals surface area (Å²) in [6.45, 7) is 0.514. The van der Waals surface area contributed by atoms with Crippen molar-refractivity contribution in [1.82, 2.24) is 0 Å². The second-order valence-corrected chi connectivity index (χ2v) is 4.36. The predicted octanol–water partition coefficient (Wildman–Crippen LogP) is 2.94. The summed E-state index contributed by atoms with van der Waals surface area (Å²) in [6, 6.07) is 17.7. The van der Waals surface area contributed by atoms with Gasteiger partial charge in [-0.05, 0) is 17.0 Å². The molecule has 94 valence electrons. The molecule has 0 atom stereocenters. The van der Waals surface area contributed by atoms with Crippen LogP contribution in [0.4, 0.5) is 0 Å². The number of rotatable bonds is 3. The molecular formula is C16H14NO2+. The quantitative estimate of drug-likeness (QED) is 0.574. The summed E-state index contributed by atoms with van der Waals surface area (Å²) in [4.78, 5) is 0. The fourth-order valence-electron chi connectivity index (χ4n) is 2.04. The Morgan fingerprint density at radius 1 is 0.947 bits per heavy atom. The summed E-state index contributed by atoms with van der Waals surface area (Å²) in [5.74, 6) is 0.768. The number of nitrogens with zero attached hydrogens (tertiary/aromatic N) is 1. The van der Waals surface area contributed by atoms with E-state index >= 15 is 0 Å². The molecule has 0 aliphatic carbocycles. The van der Waals surface area contributed by atoms with Gasteiger partial charge in [-0.1, -0.05) is 42.5 Å². The van der Waals surface area contributed by atoms with Gasteiger partial charge in [0.1, 0.15) is 12.4 Å². The molecule has 3 nitrogen and oxygen atoms in total. The normalized spacial score (nSPS) is 10.5. The van der Waals surface area contributed by atoms with Gasteiger partial charge in [-0.3, -0.25) is 5.21 Å². The molecule has 0 aliphatic rings. The molecule has 0 radical (unpaired) electrons. The van der Waals surface area contributed by atoms with Gasteiger partial charge in [0.2, 0.25) is 12.4 Å². The molecule has 1 heterocycles. The van der Waals surface area contributed by atoms with Crippen molar-refractivity contribution in [3.63, 3.8) is 0 Å². The number of benzene rings is 2. The maximum absolute atomic E-state index is 9.50. The predicted molar refractivity (Wildman–Crippen MR) is 72.1 cm³/mol. The van der Waals surface area contributed by atoms with Crippen LogP contribution in [-0.4, -0.2) is 5.21 Å². The van der Waals surface area contributed by atoms with Crippen LogP contribution in [-0.2, 0) is 6.61 Å². The largest absolute Gasteiger partial charge is 0.488 e. The molecule has 19 heavy (non-hydrogen) atoms. The molecule has 0 saturated carbocycles. The highest BCUT2D eigenvalue weighted by Gasteiger charge is 2.07. The van der Waals surface area contributed by atoms with E-state index in [1.54, 1.807) is 12.4 Å². The van der Waals surface area contributed by atoms with Gasteiger partial charge in [-0.2, -0.15) is 0 Å². The Balaban J connectivity index is 1.90. The number of ether oxygens (including phenoxy) is 1. The fourth-order valence-corrected chi connectivity index (χ4v) is 2.04. The highest BCUT2D eigenvalue weighted by molar-refractivity contribution is 5.86. The van der Waals surface area contributed by atoms with Gasteiger partial charge < -0.3 is 4.74 Å². The zero-order valence-electron chi connectivity index (χ0n) is 10.4. The number of pyridine rings is 1. The van der Waals surface area contributed by atoms with Crippen LogP contribution in [0.2, 0.25) is 0 Å². The first-order valence-electron chi connectivity index (χ1n) is 6.13. The number of hydrogen-bond donors (Lipinski definition) is 1. The second kappa shape index (κ2) is 4.98. The zero-order chi connectivity index (χ0) is 13.1. The second-order valence-electron chi connectivity index (χ2n) is 4.36. The van der Waals surface area contributed by atoms with Gasteiger partial charge >= 0.3 is 0 Å². The molecule has 2 aromatic carbocycles. The smallest absolute Gasteiger partial charge is 0.233 e. The first kappa shape index (κ1) is 11.5. The lowest BCUT2D eigenvalue weighted by Gasteiger charge is -2.08. The lowest BCUT2D eigenvalue weighted by molar-refractivity contribution is -0.903. The summed E-state index contributed by atoms with van der Waals surface area (Å²) in [5, 5.41) is 11.4. The van der Waals surface area contributed by atoms with Gasteiger partial charge in [0.05, 0.1) is 5.39 Å². The molecule has 3 heteroatoms. The van der Waals surface area contributed by atoms with Crippen LogP contribution in [0.5, 0.6) is 5.75 Å². The standard InChI is InChI=1S/C16H14NO2/c18-17-10-9-14-7-4-8-16(15(14)11-17)19-12-13-5-2-1-3-6-13/h1-11,18H,12H2/q+1. The van der Waals surface area contributed by atoms with Crippen molar-refractivity contribution in [3.8, 4) is 5.75 Å². The molecule has 0 unspecified atom stereocenters. The third-order valence-corrected chi connectivity index (χ3v) is 3.01. The van der Waals surface area contributed by atoms with Crippen molar-refractivity contribution in [1.29, 1.82) is 0 Å². The highest BCUT2D eigenvalue weighted by atomic mass is 16.5. The van der Waals surface area contributed by atoms with E-state index in [0.29, 0.717) is 6.61 Å². The van der Waals surface area contributed by atoms with Crippen LogP contribution >= 0.6 is 0 Å². The minimum absolute atomic E-state index is 0.514. The molecular weight excluding hydrogens is 238 g/mol. The van der Waals surface area contributed by atoms with Crippen LogP contribution in [0.15, 0.2) is 67.0 Å². The van der Waals surface area contributed by atoms with Gasteiger partial charge in [0.25, 0.3) is 0 Å². The average Bonchev–Trinajstić information content (AvgIpc) is 2.46. The highest BCUT2D eigenvalue weighted by Crippen LogP contribution is 2.24. The Kier molecular flexibility index (Phi) is 3.02. The van der Waals surface area contributed by atoms with E-state index in [1.165, 1.54) is 0 Å². The van der Waals surface area contributed by atoms with E-state index in [-0.39, 0.29) is 0 Å². The SMILES string of the molecule is O[n+]1ccc2cccc(OCc3ccccc3)c2c1. The molecule has 0 bridgehead atoms. The molecule has 1 N–H and O–H groups in total. The van der Waals surface area contributed by atoms with Crippen LogP contribution in [0.25, 0.3) is 10.8 Å². The Bertz CT molecular complexity index is 695. The minimum atomic E-state index is 0.514. The summed E-state index contributed by atoms with van der Waals surface area (Å²) >= 11 is 0. The summed E-state index contributed by atoms with van der Waals surface area (Å²) in [5.41, 5.74) is 1.12. The molecule has 0 fully saturated rings. The maximum Gasteiger partial charge on any atom is 0.233 e. The molecule has 3 rings (SSSR count). The summed E-state index contributed by atoms with van der Waals surface area (Å²) in [6.07, 6.45) is 3.25. The first-order chi connectivity index (χ1) is 9.33. The monoisotopic (exact) mass is 252 g/mol. The van der Waals surface area contributed by atoms with Gasteiger partial charge in [0.15, 0.2) is 0 Å². The summed E-state index contributed by atoms with van der Waals surface area (Å²) in [7, 11) is 0. The third-order valence-electron chi connectivity index (χ3n) is 3.01. The van der Waals surface area contributed by atoms with E-state index < -0.39 is 0 Å².